The normalized spacial score (nSPS) is 26.5. The standard InChI is InChI=1S/C12H18Si/c1-12(13(2,3)4)9-10-7-5-6-8-11(10)12/h5-8H,9H2,1-4H3/t12-/m1/s1. The second-order valence-corrected chi connectivity index (χ2v) is 11.0. The average Bonchev–Trinajstić information content (AvgIpc) is 2.00. The van der Waals surface area contributed by atoms with Crippen LogP contribution in [0.25, 0.3) is 0 Å². The topological polar surface area (TPSA) is 0 Å². The van der Waals surface area contributed by atoms with Gasteiger partial charge >= 0.3 is 0 Å². The molecule has 70 valence electrons. The van der Waals surface area contributed by atoms with Crippen LogP contribution in [0.15, 0.2) is 24.3 Å². The molecule has 1 atom stereocenters. The third-order valence-electron chi connectivity index (χ3n) is 3.81. The van der Waals surface area contributed by atoms with E-state index in [0.29, 0.717) is 5.04 Å². The molecule has 0 bridgehead atoms. The van der Waals surface area contributed by atoms with Crippen molar-refractivity contribution in [3.8, 4) is 0 Å². The zero-order chi connectivity index (χ0) is 9.69. The largest absolute Gasteiger partial charge is 0.0689 e. The molecule has 0 unspecified atom stereocenters. The Hall–Kier alpha value is -0.563. The Kier molecular flexibility index (Phi) is 1.72. The summed E-state index contributed by atoms with van der Waals surface area (Å²) in [5, 5.41) is 0.531. The van der Waals surface area contributed by atoms with E-state index in [1.165, 1.54) is 6.42 Å². The highest BCUT2D eigenvalue weighted by molar-refractivity contribution is 6.79. The van der Waals surface area contributed by atoms with Gasteiger partial charge in [-0.2, -0.15) is 0 Å². The van der Waals surface area contributed by atoms with Crippen molar-refractivity contribution in [2.45, 2.75) is 38.0 Å². The van der Waals surface area contributed by atoms with Gasteiger partial charge in [-0.1, -0.05) is 50.8 Å². The van der Waals surface area contributed by atoms with E-state index in [4.69, 9.17) is 0 Å². The molecular formula is C12H18Si. The zero-order valence-corrected chi connectivity index (χ0v) is 10.0. The Morgan fingerprint density at radius 2 is 1.77 bits per heavy atom. The molecule has 1 aromatic carbocycles. The van der Waals surface area contributed by atoms with E-state index in [1.54, 1.807) is 11.1 Å². The van der Waals surface area contributed by atoms with Gasteiger partial charge in [0.25, 0.3) is 0 Å². The highest BCUT2D eigenvalue weighted by atomic mass is 28.3. The molecule has 0 amide bonds. The number of benzene rings is 1. The van der Waals surface area contributed by atoms with Crippen LogP contribution in [0.3, 0.4) is 0 Å². The third kappa shape index (κ3) is 1.10. The van der Waals surface area contributed by atoms with Crippen LogP contribution in [0.4, 0.5) is 0 Å². The number of fused-ring (bicyclic) bond motifs is 1. The first-order valence-corrected chi connectivity index (χ1v) is 8.53. The van der Waals surface area contributed by atoms with Crippen molar-refractivity contribution in [2.24, 2.45) is 0 Å². The lowest BCUT2D eigenvalue weighted by atomic mass is 9.78. The molecule has 0 heterocycles. The predicted molar refractivity (Wildman–Crippen MR) is 60.8 cm³/mol. The summed E-state index contributed by atoms with van der Waals surface area (Å²) in [5.41, 5.74) is 3.20. The van der Waals surface area contributed by atoms with Gasteiger partial charge in [-0.05, 0) is 22.6 Å². The Labute approximate surface area is 82.0 Å². The first-order chi connectivity index (χ1) is 5.95. The van der Waals surface area contributed by atoms with E-state index in [-0.39, 0.29) is 0 Å². The second-order valence-electron chi connectivity index (χ2n) is 5.42. The van der Waals surface area contributed by atoms with Crippen molar-refractivity contribution in [1.29, 1.82) is 0 Å². The van der Waals surface area contributed by atoms with Gasteiger partial charge in [-0.15, -0.1) is 0 Å². The Morgan fingerprint density at radius 1 is 1.15 bits per heavy atom. The minimum Gasteiger partial charge on any atom is -0.0689 e. The monoisotopic (exact) mass is 190 g/mol. The molecule has 1 aliphatic carbocycles. The summed E-state index contributed by atoms with van der Waals surface area (Å²) in [5.74, 6) is 0. The lowest BCUT2D eigenvalue weighted by Crippen LogP contribution is -2.54. The Bertz CT molecular complexity index is 335. The van der Waals surface area contributed by atoms with Crippen LogP contribution in [0, 0.1) is 0 Å². The van der Waals surface area contributed by atoms with Gasteiger partial charge in [-0.3, -0.25) is 0 Å². The molecule has 0 aliphatic heterocycles. The molecule has 13 heavy (non-hydrogen) atoms. The van der Waals surface area contributed by atoms with Gasteiger partial charge in [0, 0.05) is 0 Å². The van der Waals surface area contributed by atoms with Crippen molar-refractivity contribution in [2.75, 3.05) is 0 Å². The molecule has 0 aromatic heterocycles. The summed E-state index contributed by atoms with van der Waals surface area (Å²) in [4.78, 5) is 0. The van der Waals surface area contributed by atoms with Crippen LogP contribution in [0.1, 0.15) is 18.1 Å². The van der Waals surface area contributed by atoms with E-state index < -0.39 is 8.07 Å². The SMILES string of the molecule is C[C@@]1([Si](C)(C)C)Cc2ccccc21. The lowest BCUT2D eigenvalue weighted by molar-refractivity contribution is 0.557. The van der Waals surface area contributed by atoms with Crippen molar-refractivity contribution in [3.05, 3.63) is 35.4 Å². The van der Waals surface area contributed by atoms with Crippen LogP contribution < -0.4 is 0 Å². The lowest BCUT2D eigenvalue weighted by Gasteiger charge is -2.49. The van der Waals surface area contributed by atoms with E-state index in [0.717, 1.165) is 0 Å². The smallest absolute Gasteiger partial charge is 0.0557 e. The number of hydrogen-bond donors (Lipinski definition) is 0. The van der Waals surface area contributed by atoms with Gasteiger partial charge in [0.1, 0.15) is 0 Å². The molecule has 0 saturated heterocycles. The molecule has 0 saturated carbocycles. The van der Waals surface area contributed by atoms with Gasteiger partial charge < -0.3 is 0 Å². The highest BCUT2D eigenvalue weighted by Crippen LogP contribution is 2.46. The molecule has 0 N–H and O–H groups in total. The van der Waals surface area contributed by atoms with E-state index in [1.807, 2.05) is 0 Å². The molecule has 2 rings (SSSR count). The van der Waals surface area contributed by atoms with Crippen molar-refractivity contribution in [1.82, 2.24) is 0 Å². The van der Waals surface area contributed by atoms with Crippen LogP contribution in [-0.4, -0.2) is 8.07 Å². The summed E-state index contributed by atoms with van der Waals surface area (Å²) in [6.07, 6.45) is 1.30. The second kappa shape index (κ2) is 2.47. The first-order valence-electron chi connectivity index (χ1n) is 5.03. The molecule has 1 aliphatic rings. The molecule has 1 heteroatoms. The minimum absolute atomic E-state index is 0.531. The fraction of sp³-hybridized carbons (Fsp3) is 0.500. The Balaban J connectivity index is 2.45. The zero-order valence-electron chi connectivity index (χ0n) is 9.02. The molecule has 0 nitrogen and oxygen atoms in total. The molecular weight excluding hydrogens is 172 g/mol. The van der Waals surface area contributed by atoms with Gasteiger partial charge in [0.2, 0.25) is 0 Å². The first kappa shape index (κ1) is 9.01. The average molecular weight is 190 g/mol. The summed E-state index contributed by atoms with van der Waals surface area (Å²) >= 11 is 0. The summed E-state index contributed by atoms with van der Waals surface area (Å²) in [7, 11) is -1.05. The van der Waals surface area contributed by atoms with Crippen LogP contribution in [0.2, 0.25) is 19.6 Å². The molecule has 0 spiro atoms. The van der Waals surface area contributed by atoms with Gasteiger partial charge in [-0.25, -0.2) is 0 Å². The third-order valence-corrected chi connectivity index (χ3v) is 7.57. The van der Waals surface area contributed by atoms with Gasteiger partial charge in [0.15, 0.2) is 0 Å². The summed E-state index contributed by atoms with van der Waals surface area (Å²) in [6, 6.07) is 8.92. The van der Waals surface area contributed by atoms with E-state index >= 15 is 0 Å². The fourth-order valence-electron chi connectivity index (χ4n) is 2.25. The van der Waals surface area contributed by atoms with Crippen LogP contribution >= 0.6 is 0 Å². The number of hydrogen-bond acceptors (Lipinski definition) is 0. The van der Waals surface area contributed by atoms with Crippen molar-refractivity contribution >= 4 is 8.07 Å². The summed E-state index contributed by atoms with van der Waals surface area (Å²) < 4.78 is 0. The molecule has 0 radical (unpaired) electrons. The van der Waals surface area contributed by atoms with Gasteiger partial charge in [0.05, 0.1) is 8.07 Å². The quantitative estimate of drug-likeness (QED) is 0.596. The maximum Gasteiger partial charge on any atom is 0.0557 e. The van der Waals surface area contributed by atoms with Crippen molar-refractivity contribution < 1.29 is 0 Å². The predicted octanol–water partition coefficient (Wildman–Crippen LogP) is 3.38. The highest BCUT2D eigenvalue weighted by Gasteiger charge is 2.47. The molecule has 0 fully saturated rings. The van der Waals surface area contributed by atoms with Crippen molar-refractivity contribution in [3.63, 3.8) is 0 Å². The summed E-state index contributed by atoms with van der Waals surface area (Å²) in [6.45, 7) is 9.87. The van der Waals surface area contributed by atoms with Crippen LogP contribution in [0.5, 0.6) is 0 Å². The Morgan fingerprint density at radius 3 is 2.31 bits per heavy atom. The molecule has 1 aromatic rings. The van der Waals surface area contributed by atoms with Crippen LogP contribution in [-0.2, 0) is 11.5 Å². The fourth-order valence-corrected chi connectivity index (χ4v) is 4.02. The maximum absolute atomic E-state index is 2.48. The maximum atomic E-state index is 2.48. The van der Waals surface area contributed by atoms with E-state index in [2.05, 4.69) is 50.8 Å². The number of rotatable bonds is 1. The minimum atomic E-state index is -1.05. The van der Waals surface area contributed by atoms with E-state index in [9.17, 15) is 0 Å².